The van der Waals surface area contributed by atoms with Crippen LogP contribution in [0.2, 0.25) is 0 Å². The summed E-state index contributed by atoms with van der Waals surface area (Å²) in [5, 5.41) is 16.1. The van der Waals surface area contributed by atoms with Crippen LogP contribution in [-0.2, 0) is 11.2 Å². The number of rotatable bonds is 5. The van der Waals surface area contributed by atoms with E-state index in [1.165, 1.54) is 0 Å². The third kappa shape index (κ3) is 3.97. The van der Waals surface area contributed by atoms with E-state index in [0.29, 0.717) is 31.1 Å². The van der Waals surface area contributed by atoms with E-state index in [4.69, 9.17) is 0 Å². The molecule has 0 fully saturated rings. The third-order valence-electron chi connectivity index (χ3n) is 1.65. The second-order valence-electron chi connectivity index (χ2n) is 3.53. The van der Waals surface area contributed by atoms with Gasteiger partial charge in [-0.15, -0.1) is 10.2 Å². The highest BCUT2D eigenvalue weighted by Gasteiger charge is 2.04. The van der Waals surface area contributed by atoms with Crippen LogP contribution in [0.4, 0.5) is 0 Å². The summed E-state index contributed by atoms with van der Waals surface area (Å²) in [6.45, 7) is 4.59. The van der Waals surface area contributed by atoms with Crippen molar-refractivity contribution in [2.75, 3.05) is 6.54 Å². The van der Waals surface area contributed by atoms with Crippen molar-refractivity contribution in [1.29, 1.82) is 0 Å². The van der Waals surface area contributed by atoms with Crippen LogP contribution in [0.15, 0.2) is 0 Å². The fourth-order valence-corrected chi connectivity index (χ4v) is 1.05. The number of hydrogen-bond acceptors (Lipinski definition) is 4. The number of aromatic nitrogens is 4. The standard InChI is InChI=1S/C8H15N5O/c1-6(2)5-8(14)9-4-3-7-10-12-13-11-7/h6H,3-5H2,1-2H3,(H,9,14)(H,10,11,12,13). The summed E-state index contributed by atoms with van der Waals surface area (Å²) >= 11 is 0. The summed E-state index contributed by atoms with van der Waals surface area (Å²) in [6.07, 6.45) is 1.17. The molecule has 6 nitrogen and oxygen atoms in total. The topological polar surface area (TPSA) is 83.6 Å². The van der Waals surface area contributed by atoms with E-state index in [-0.39, 0.29) is 5.91 Å². The van der Waals surface area contributed by atoms with E-state index in [0.717, 1.165) is 0 Å². The molecule has 78 valence electrons. The largest absolute Gasteiger partial charge is 0.356 e. The number of nitrogens with one attached hydrogen (secondary N) is 2. The zero-order valence-electron chi connectivity index (χ0n) is 8.45. The number of nitrogens with zero attached hydrogens (tertiary/aromatic N) is 3. The Labute approximate surface area is 82.5 Å². The number of H-pyrrole nitrogens is 1. The van der Waals surface area contributed by atoms with Gasteiger partial charge < -0.3 is 5.32 Å². The third-order valence-corrected chi connectivity index (χ3v) is 1.65. The predicted molar refractivity (Wildman–Crippen MR) is 50.3 cm³/mol. The Hall–Kier alpha value is -1.46. The van der Waals surface area contributed by atoms with E-state index in [9.17, 15) is 4.79 Å². The molecule has 0 aliphatic heterocycles. The van der Waals surface area contributed by atoms with E-state index in [2.05, 4.69) is 25.9 Å². The first kappa shape index (κ1) is 10.6. The number of aromatic amines is 1. The molecule has 0 aliphatic rings. The first-order valence-corrected chi connectivity index (χ1v) is 4.67. The normalized spacial score (nSPS) is 10.5. The highest BCUT2D eigenvalue weighted by molar-refractivity contribution is 5.75. The second kappa shape index (κ2) is 5.31. The number of amides is 1. The van der Waals surface area contributed by atoms with Crippen LogP contribution in [0.3, 0.4) is 0 Å². The highest BCUT2D eigenvalue weighted by Crippen LogP contribution is 1.97. The second-order valence-corrected chi connectivity index (χ2v) is 3.53. The van der Waals surface area contributed by atoms with Crippen LogP contribution < -0.4 is 5.32 Å². The zero-order chi connectivity index (χ0) is 10.4. The SMILES string of the molecule is CC(C)CC(=O)NCCc1nn[nH]n1. The molecule has 6 heteroatoms. The number of carbonyl (C=O) groups excluding carboxylic acids is 1. The molecule has 2 N–H and O–H groups in total. The van der Waals surface area contributed by atoms with Gasteiger partial charge in [-0.25, -0.2) is 0 Å². The maximum absolute atomic E-state index is 11.2. The highest BCUT2D eigenvalue weighted by atomic mass is 16.1. The van der Waals surface area contributed by atoms with Gasteiger partial charge in [0.1, 0.15) is 0 Å². The van der Waals surface area contributed by atoms with Crippen molar-refractivity contribution in [2.45, 2.75) is 26.7 Å². The maximum Gasteiger partial charge on any atom is 0.220 e. The number of tetrazole rings is 1. The monoisotopic (exact) mass is 197 g/mol. The summed E-state index contributed by atoms with van der Waals surface area (Å²) in [5.74, 6) is 1.08. The minimum absolute atomic E-state index is 0.0727. The quantitative estimate of drug-likeness (QED) is 0.690. The Balaban J connectivity index is 2.12. The lowest BCUT2D eigenvalue weighted by molar-refractivity contribution is -0.121. The lowest BCUT2D eigenvalue weighted by Crippen LogP contribution is -2.26. The summed E-state index contributed by atoms with van der Waals surface area (Å²) in [6, 6.07) is 0. The molecule has 0 unspecified atom stereocenters. The summed E-state index contributed by atoms with van der Waals surface area (Å²) in [4.78, 5) is 11.2. The van der Waals surface area contributed by atoms with Crippen molar-refractivity contribution in [2.24, 2.45) is 5.92 Å². The molecule has 0 atom stereocenters. The van der Waals surface area contributed by atoms with Gasteiger partial charge in [0.25, 0.3) is 0 Å². The van der Waals surface area contributed by atoms with Gasteiger partial charge in [0, 0.05) is 19.4 Å². The average Bonchev–Trinajstić information content (AvgIpc) is 2.55. The maximum atomic E-state index is 11.2. The van der Waals surface area contributed by atoms with Crippen molar-refractivity contribution in [3.8, 4) is 0 Å². The van der Waals surface area contributed by atoms with Crippen LogP contribution in [-0.4, -0.2) is 33.1 Å². The Morgan fingerprint density at radius 1 is 1.57 bits per heavy atom. The molecule has 1 amide bonds. The van der Waals surface area contributed by atoms with E-state index >= 15 is 0 Å². The van der Waals surface area contributed by atoms with Crippen molar-refractivity contribution in [3.05, 3.63) is 5.82 Å². The van der Waals surface area contributed by atoms with Gasteiger partial charge in [-0.2, -0.15) is 5.21 Å². The van der Waals surface area contributed by atoms with Gasteiger partial charge in [0.05, 0.1) is 0 Å². The van der Waals surface area contributed by atoms with Crippen LogP contribution in [0.25, 0.3) is 0 Å². The number of carbonyl (C=O) groups is 1. The van der Waals surface area contributed by atoms with Gasteiger partial charge >= 0.3 is 0 Å². The molecule has 0 saturated heterocycles. The molecule has 1 rings (SSSR count). The Morgan fingerprint density at radius 2 is 2.36 bits per heavy atom. The first-order chi connectivity index (χ1) is 6.68. The molecule has 0 aromatic carbocycles. The Kier molecular flexibility index (Phi) is 4.03. The van der Waals surface area contributed by atoms with Crippen LogP contribution in [0.5, 0.6) is 0 Å². The summed E-state index contributed by atoms with van der Waals surface area (Å²) in [5.41, 5.74) is 0. The molecular formula is C8H15N5O. The molecule has 0 spiro atoms. The minimum atomic E-state index is 0.0727. The molecule has 14 heavy (non-hydrogen) atoms. The van der Waals surface area contributed by atoms with Gasteiger partial charge in [-0.05, 0) is 5.92 Å². The zero-order valence-corrected chi connectivity index (χ0v) is 8.45. The molecular weight excluding hydrogens is 182 g/mol. The molecule has 0 saturated carbocycles. The van der Waals surface area contributed by atoms with Gasteiger partial charge in [0.15, 0.2) is 5.82 Å². The van der Waals surface area contributed by atoms with E-state index in [1.807, 2.05) is 13.8 Å². The summed E-state index contributed by atoms with van der Waals surface area (Å²) < 4.78 is 0. The molecule has 1 aromatic rings. The fourth-order valence-electron chi connectivity index (χ4n) is 1.05. The van der Waals surface area contributed by atoms with Gasteiger partial charge in [-0.1, -0.05) is 19.1 Å². The fraction of sp³-hybridized carbons (Fsp3) is 0.750. The van der Waals surface area contributed by atoms with Crippen LogP contribution in [0, 0.1) is 5.92 Å². The lowest BCUT2D eigenvalue weighted by Gasteiger charge is -2.05. The van der Waals surface area contributed by atoms with Crippen molar-refractivity contribution >= 4 is 5.91 Å². The minimum Gasteiger partial charge on any atom is -0.356 e. The molecule has 0 radical (unpaired) electrons. The van der Waals surface area contributed by atoms with Crippen LogP contribution in [0.1, 0.15) is 26.1 Å². The molecule has 1 aromatic heterocycles. The number of hydrogen-bond donors (Lipinski definition) is 2. The lowest BCUT2D eigenvalue weighted by atomic mass is 10.1. The van der Waals surface area contributed by atoms with Crippen molar-refractivity contribution in [3.63, 3.8) is 0 Å². The van der Waals surface area contributed by atoms with Crippen molar-refractivity contribution < 1.29 is 4.79 Å². The molecule has 0 aliphatic carbocycles. The summed E-state index contributed by atoms with van der Waals surface area (Å²) in [7, 11) is 0. The first-order valence-electron chi connectivity index (χ1n) is 4.67. The average molecular weight is 197 g/mol. The predicted octanol–water partition coefficient (Wildman–Crippen LogP) is -0.0955. The molecule has 0 bridgehead atoms. The van der Waals surface area contributed by atoms with E-state index in [1.54, 1.807) is 0 Å². The van der Waals surface area contributed by atoms with Gasteiger partial charge in [-0.3, -0.25) is 4.79 Å². The van der Waals surface area contributed by atoms with Crippen LogP contribution >= 0.6 is 0 Å². The van der Waals surface area contributed by atoms with Crippen molar-refractivity contribution in [1.82, 2.24) is 25.9 Å². The smallest absolute Gasteiger partial charge is 0.220 e. The van der Waals surface area contributed by atoms with E-state index < -0.39 is 0 Å². The molecule has 1 heterocycles. The Bertz CT molecular complexity index is 269. The Morgan fingerprint density at radius 3 is 2.93 bits per heavy atom. The van der Waals surface area contributed by atoms with Gasteiger partial charge in [0.2, 0.25) is 5.91 Å².